The van der Waals surface area contributed by atoms with Crippen LogP contribution in [0.4, 0.5) is 0 Å². The lowest BCUT2D eigenvalue weighted by Gasteiger charge is -2.13. The van der Waals surface area contributed by atoms with Gasteiger partial charge in [-0.25, -0.2) is 0 Å². The molecule has 0 aliphatic rings. The van der Waals surface area contributed by atoms with E-state index in [0.29, 0.717) is 6.42 Å². The minimum atomic E-state index is 0.254. The van der Waals surface area contributed by atoms with Gasteiger partial charge < -0.3 is 4.90 Å². The number of aryl methyl sites for hydroxylation is 1. The van der Waals surface area contributed by atoms with Crippen LogP contribution >= 0.6 is 11.3 Å². The molecule has 1 rings (SSSR count). The highest BCUT2D eigenvalue weighted by molar-refractivity contribution is 7.09. The monoisotopic (exact) mass is 211 g/mol. The Hall–Kier alpha value is -0.830. The SMILES string of the molecule is CCN(C)C(=O)CCCc1cccs1. The van der Waals surface area contributed by atoms with Crippen LogP contribution in [0.15, 0.2) is 17.5 Å². The molecule has 0 radical (unpaired) electrons. The van der Waals surface area contributed by atoms with Crippen LogP contribution < -0.4 is 0 Å². The van der Waals surface area contributed by atoms with E-state index in [1.807, 2.05) is 14.0 Å². The molecule has 0 bridgehead atoms. The summed E-state index contributed by atoms with van der Waals surface area (Å²) >= 11 is 1.76. The summed E-state index contributed by atoms with van der Waals surface area (Å²) in [5.41, 5.74) is 0. The summed E-state index contributed by atoms with van der Waals surface area (Å²) in [6, 6.07) is 4.18. The van der Waals surface area contributed by atoms with Crippen LogP contribution in [0.2, 0.25) is 0 Å². The topological polar surface area (TPSA) is 20.3 Å². The van der Waals surface area contributed by atoms with Crippen LogP contribution in [0.1, 0.15) is 24.6 Å². The van der Waals surface area contributed by atoms with Gasteiger partial charge in [-0.05, 0) is 31.2 Å². The van der Waals surface area contributed by atoms with Gasteiger partial charge in [-0.1, -0.05) is 6.07 Å². The summed E-state index contributed by atoms with van der Waals surface area (Å²) in [5.74, 6) is 0.254. The fraction of sp³-hybridized carbons (Fsp3) is 0.545. The van der Waals surface area contributed by atoms with Crippen molar-refractivity contribution in [2.24, 2.45) is 0 Å². The molecule has 0 aliphatic carbocycles. The minimum Gasteiger partial charge on any atom is -0.346 e. The van der Waals surface area contributed by atoms with Gasteiger partial charge in [0.1, 0.15) is 0 Å². The third-order valence-electron chi connectivity index (χ3n) is 2.29. The van der Waals surface area contributed by atoms with E-state index in [2.05, 4.69) is 17.5 Å². The van der Waals surface area contributed by atoms with Gasteiger partial charge in [0.25, 0.3) is 0 Å². The average molecular weight is 211 g/mol. The summed E-state index contributed by atoms with van der Waals surface area (Å²) < 4.78 is 0. The van der Waals surface area contributed by atoms with Crippen molar-refractivity contribution in [2.75, 3.05) is 13.6 Å². The molecule has 14 heavy (non-hydrogen) atoms. The molecule has 78 valence electrons. The molecule has 0 aliphatic heterocycles. The van der Waals surface area contributed by atoms with Crippen molar-refractivity contribution in [3.63, 3.8) is 0 Å². The fourth-order valence-corrected chi connectivity index (χ4v) is 1.99. The molecule has 0 saturated heterocycles. The first-order chi connectivity index (χ1) is 6.74. The van der Waals surface area contributed by atoms with Gasteiger partial charge in [0.2, 0.25) is 5.91 Å². The Kier molecular flexibility index (Phi) is 4.66. The summed E-state index contributed by atoms with van der Waals surface area (Å²) in [7, 11) is 1.85. The van der Waals surface area contributed by atoms with E-state index in [1.165, 1.54) is 4.88 Å². The molecule has 1 amide bonds. The van der Waals surface area contributed by atoms with Crippen molar-refractivity contribution in [3.05, 3.63) is 22.4 Å². The van der Waals surface area contributed by atoms with Crippen LogP contribution in [0.5, 0.6) is 0 Å². The Labute approximate surface area is 89.5 Å². The van der Waals surface area contributed by atoms with Gasteiger partial charge in [-0.15, -0.1) is 11.3 Å². The highest BCUT2D eigenvalue weighted by atomic mass is 32.1. The summed E-state index contributed by atoms with van der Waals surface area (Å²) in [6.07, 6.45) is 2.66. The second-order valence-electron chi connectivity index (χ2n) is 3.34. The predicted octanol–water partition coefficient (Wildman–Crippen LogP) is 2.55. The van der Waals surface area contributed by atoms with E-state index in [0.717, 1.165) is 19.4 Å². The number of hydrogen-bond acceptors (Lipinski definition) is 2. The highest BCUT2D eigenvalue weighted by Crippen LogP contribution is 2.12. The lowest BCUT2D eigenvalue weighted by Crippen LogP contribution is -2.25. The van der Waals surface area contributed by atoms with Gasteiger partial charge in [0.05, 0.1) is 0 Å². The molecule has 0 unspecified atom stereocenters. The molecule has 0 fully saturated rings. The summed E-state index contributed by atoms with van der Waals surface area (Å²) in [5, 5.41) is 2.08. The summed E-state index contributed by atoms with van der Waals surface area (Å²) in [4.78, 5) is 14.6. The number of carbonyl (C=O) groups is 1. The highest BCUT2D eigenvalue weighted by Gasteiger charge is 2.05. The zero-order valence-corrected chi connectivity index (χ0v) is 9.64. The molecule has 1 heterocycles. The first-order valence-corrected chi connectivity index (χ1v) is 5.88. The van der Waals surface area contributed by atoms with E-state index in [4.69, 9.17) is 0 Å². The Morgan fingerprint density at radius 3 is 2.93 bits per heavy atom. The van der Waals surface area contributed by atoms with Gasteiger partial charge in [-0.3, -0.25) is 4.79 Å². The predicted molar refractivity (Wildman–Crippen MR) is 60.6 cm³/mol. The van der Waals surface area contributed by atoms with Crippen molar-refractivity contribution in [1.29, 1.82) is 0 Å². The molecule has 1 aromatic rings. The largest absolute Gasteiger partial charge is 0.346 e. The van der Waals surface area contributed by atoms with Crippen LogP contribution in [-0.4, -0.2) is 24.4 Å². The normalized spacial score (nSPS) is 10.1. The maximum absolute atomic E-state index is 11.4. The molecule has 0 aromatic carbocycles. The molecular weight excluding hydrogens is 194 g/mol. The average Bonchev–Trinajstić information content (AvgIpc) is 2.69. The zero-order valence-electron chi connectivity index (χ0n) is 8.82. The first kappa shape index (κ1) is 11.2. The number of thiophene rings is 1. The fourth-order valence-electron chi connectivity index (χ4n) is 1.24. The Balaban J connectivity index is 2.18. The van der Waals surface area contributed by atoms with Crippen molar-refractivity contribution in [1.82, 2.24) is 4.90 Å². The molecule has 0 atom stereocenters. The molecule has 0 saturated carbocycles. The van der Waals surface area contributed by atoms with Crippen LogP contribution in [0.3, 0.4) is 0 Å². The number of amides is 1. The molecule has 3 heteroatoms. The standard InChI is InChI=1S/C11H17NOS/c1-3-12(2)11(13)8-4-6-10-7-5-9-14-10/h5,7,9H,3-4,6,8H2,1-2H3. The van der Waals surface area contributed by atoms with Crippen molar-refractivity contribution < 1.29 is 4.79 Å². The van der Waals surface area contributed by atoms with Gasteiger partial charge in [0.15, 0.2) is 0 Å². The van der Waals surface area contributed by atoms with Gasteiger partial charge in [0, 0.05) is 24.9 Å². The number of hydrogen-bond donors (Lipinski definition) is 0. The lowest BCUT2D eigenvalue weighted by atomic mass is 10.2. The number of carbonyl (C=O) groups excluding carboxylic acids is 1. The zero-order chi connectivity index (χ0) is 10.4. The van der Waals surface area contributed by atoms with E-state index >= 15 is 0 Å². The van der Waals surface area contributed by atoms with Gasteiger partial charge in [-0.2, -0.15) is 0 Å². The Bertz CT molecular complexity index is 269. The maximum atomic E-state index is 11.4. The van der Waals surface area contributed by atoms with Crippen molar-refractivity contribution in [2.45, 2.75) is 26.2 Å². The number of nitrogens with zero attached hydrogens (tertiary/aromatic N) is 1. The molecule has 0 spiro atoms. The van der Waals surface area contributed by atoms with Crippen molar-refractivity contribution >= 4 is 17.2 Å². The lowest BCUT2D eigenvalue weighted by molar-refractivity contribution is -0.129. The first-order valence-electron chi connectivity index (χ1n) is 5.00. The molecule has 2 nitrogen and oxygen atoms in total. The second-order valence-corrected chi connectivity index (χ2v) is 4.37. The Morgan fingerprint density at radius 2 is 2.36 bits per heavy atom. The molecule has 0 N–H and O–H groups in total. The van der Waals surface area contributed by atoms with Crippen LogP contribution in [0.25, 0.3) is 0 Å². The third-order valence-corrected chi connectivity index (χ3v) is 3.23. The van der Waals surface area contributed by atoms with E-state index < -0.39 is 0 Å². The molecular formula is C11H17NOS. The third kappa shape index (κ3) is 3.50. The quantitative estimate of drug-likeness (QED) is 0.733. The smallest absolute Gasteiger partial charge is 0.222 e. The van der Waals surface area contributed by atoms with Crippen LogP contribution in [-0.2, 0) is 11.2 Å². The summed E-state index contributed by atoms with van der Waals surface area (Å²) in [6.45, 7) is 2.80. The van der Waals surface area contributed by atoms with E-state index in [9.17, 15) is 4.79 Å². The van der Waals surface area contributed by atoms with Crippen molar-refractivity contribution in [3.8, 4) is 0 Å². The maximum Gasteiger partial charge on any atom is 0.222 e. The van der Waals surface area contributed by atoms with Crippen LogP contribution in [0, 0.1) is 0 Å². The van der Waals surface area contributed by atoms with E-state index in [-0.39, 0.29) is 5.91 Å². The Morgan fingerprint density at radius 1 is 1.57 bits per heavy atom. The second kappa shape index (κ2) is 5.81. The molecule has 1 aromatic heterocycles. The minimum absolute atomic E-state index is 0.254. The van der Waals surface area contributed by atoms with Gasteiger partial charge >= 0.3 is 0 Å². The number of rotatable bonds is 5. The van der Waals surface area contributed by atoms with E-state index in [1.54, 1.807) is 16.2 Å².